The van der Waals surface area contributed by atoms with Gasteiger partial charge < -0.3 is 5.32 Å². The van der Waals surface area contributed by atoms with E-state index in [2.05, 4.69) is 54.3 Å². The quantitative estimate of drug-likeness (QED) is 0.527. The normalized spacial score (nSPS) is 11.8. The summed E-state index contributed by atoms with van der Waals surface area (Å²) in [5.41, 5.74) is 5.13. The van der Waals surface area contributed by atoms with Crippen LogP contribution in [0, 0.1) is 24.0 Å². The Morgan fingerprint density at radius 2 is 1.73 bits per heavy atom. The van der Waals surface area contributed by atoms with E-state index in [0.717, 1.165) is 5.56 Å². The molecule has 0 amide bonds. The maximum atomic E-state index is 10.8. The molecule has 1 atom stereocenters. The Morgan fingerprint density at radius 3 is 2.38 bits per heavy atom. The Balaban J connectivity index is 1.90. The number of anilines is 1. The standard InChI is InChI=1S/C20H20N4O2/c1-13-4-9-18(14(2)12-13)15(3)23-20-19(21-10-11-22-20)16-5-7-17(8-6-16)24(25)26/h4-12,15H,1-3H3,(H,22,23)/t15-/m0/s1. The third kappa shape index (κ3) is 3.69. The van der Waals surface area contributed by atoms with Crippen LogP contribution in [0.4, 0.5) is 11.5 Å². The lowest BCUT2D eigenvalue weighted by Crippen LogP contribution is -2.11. The Hall–Kier alpha value is -3.28. The lowest BCUT2D eigenvalue weighted by Gasteiger charge is -2.19. The second-order valence-electron chi connectivity index (χ2n) is 6.28. The van der Waals surface area contributed by atoms with Crippen LogP contribution in [0.5, 0.6) is 0 Å². The summed E-state index contributed by atoms with van der Waals surface area (Å²) in [4.78, 5) is 19.3. The summed E-state index contributed by atoms with van der Waals surface area (Å²) in [6.07, 6.45) is 3.25. The number of hydrogen-bond donors (Lipinski definition) is 1. The van der Waals surface area contributed by atoms with Gasteiger partial charge in [0, 0.05) is 30.1 Å². The van der Waals surface area contributed by atoms with Gasteiger partial charge in [-0.3, -0.25) is 15.1 Å². The summed E-state index contributed by atoms with van der Waals surface area (Å²) in [7, 11) is 0. The van der Waals surface area contributed by atoms with Crippen LogP contribution in [-0.2, 0) is 0 Å². The number of hydrogen-bond acceptors (Lipinski definition) is 5. The van der Waals surface area contributed by atoms with E-state index in [4.69, 9.17) is 0 Å². The van der Waals surface area contributed by atoms with E-state index in [1.54, 1.807) is 24.5 Å². The molecule has 0 spiro atoms. The summed E-state index contributed by atoms with van der Waals surface area (Å²) >= 11 is 0. The average molecular weight is 348 g/mol. The molecule has 1 N–H and O–H groups in total. The molecular formula is C20H20N4O2. The van der Waals surface area contributed by atoms with E-state index in [1.165, 1.54) is 28.8 Å². The van der Waals surface area contributed by atoms with E-state index >= 15 is 0 Å². The second kappa shape index (κ2) is 7.31. The van der Waals surface area contributed by atoms with Crippen molar-refractivity contribution in [1.29, 1.82) is 0 Å². The largest absolute Gasteiger partial charge is 0.362 e. The van der Waals surface area contributed by atoms with E-state index in [9.17, 15) is 10.1 Å². The molecule has 0 fully saturated rings. The van der Waals surface area contributed by atoms with Gasteiger partial charge in [-0.2, -0.15) is 0 Å². The van der Waals surface area contributed by atoms with Gasteiger partial charge in [-0.1, -0.05) is 23.8 Å². The summed E-state index contributed by atoms with van der Waals surface area (Å²) in [6.45, 7) is 6.24. The Bertz CT molecular complexity index is 939. The van der Waals surface area contributed by atoms with Gasteiger partial charge in [-0.05, 0) is 44.0 Å². The van der Waals surface area contributed by atoms with Crippen molar-refractivity contribution >= 4 is 11.5 Å². The minimum absolute atomic E-state index is 0.0455. The molecule has 132 valence electrons. The first-order chi connectivity index (χ1) is 12.5. The van der Waals surface area contributed by atoms with E-state index < -0.39 is 4.92 Å². The van der Waals surface area contributed by atoms with Gasteiger partial charge >= 0.3 is 0 Å². The number of benzene rings is 2. The van der Waals surface area contributed by atoms with Crippen LogP contribution in [0.15, 0.2) is 54.9 Å². The molecule has 3 rings (SSSR count). The third-order valence-corrected chi connectivity index (χ3v) is 4.29. The molecule has 0 saturated carbocycles. The van der Waals surface area contributed by atoms with Gasteiger partial charge in [0.15, 0.2) is 5.82 Å². The highest BCUT2D eigenvalue weighted by molar-refractivity contribution is 5.72. The molecule has 1 aromatic heterocycles. The smallest absolute Gasteiger partial charge is 0.269 e. The van der Waals surface area contributed by atoms with Gasteiger partial charge in [0.25, 0.3) is 5.69 Å². The fourth-order valence-electron chi connectivity index (χ4n) is 2.99. The van der Waals surface area contributed by atoms with Crippen molar-refractivity contribution in [3.05, 3.63) is 81.7 Å². The van der Waals surface area contributed by atoms with Gasteiger partial charge in [-0.25, -0.2) is 4.98 Å². The van der Waals surface area contributed by atoms with Crippen LogP contribution in [0.2, 0.25) is 0 Å². The van der Waals surface area contributed by atoms with Crippen LogP contribution < -0.4 is 5.32 Å². The number of rotatable bonds is 5. The predicted octanol–water partition coefficient (Wildman–Crippen LogP) is 4.84. The van der Waals surface area contributed by atoms with Crippen molar-refractivity contribution in [3.8, 4) is 11.3 Å². The summed E-state index contributed by atoms with van der Waals surface area (Å²) in [5.74, 6) is 0.647. The van der Waals surface area contributed by atoms with Crippen molar-refractivity contribution < 1.29 is 4.92 Å². The minimum Gasteiger partial charge on any atom is -0.362 e. The molecule has 2 aromatic carbocycles. The van der Waals surface area contributed by atoms with Crippen LogP contribution in [0.1, 0.15) is 29.7 Å². The van der Waals surface area contributed by atoms with Gasteiger partial charge in [0.05, 0.1) is 11.0 Å². The highest BCUT2D eigenvalue weighted by Gasteiger charge is 2.14. The highest BCUT2D eigenvalue weighted by Crippen LogP contribution is 2.29. The lowest BCUT2D eigenvalue weighted by atomic mass is 10.00. The number of nitro benzene ring substituents is 1. The van der Waals surface area contributed by atoms with Crippen molar-refractivity contribution in [2.24, 2.45) is 0 Å². The summed E-state index contributed by atoms with van der Waals surface area (Å²) in [5, 5.41) is 14.3. The maximum Gasteiger partial charge on any atom is 0.269 e. The number of nitrogens with one attached hydrogen (secondary N) is 1. The van der Waals surface area contributed by atoms with E-state index in [0.29, 0.717) is 11.5 Å². The SMILES string of the molecule is Cc1ccc([C@H](C)Nc2nccnc2-c2ccc([N+](=O)[O-])cc2)c(C)c1. The van der Waals surface area contributed by atoms with Gasteiger partial charge in [0.1, 0.15) is 5.69 Å². The number of nitro groups is 1. The van der Waals surface area contributed by atoms with Crippen LogP contribution in [0.3, 0.4) is 0 Å². The van der Waals surface area contributed by atoms with Crippen molar-refractivity contribution in [3.63, 3.8) is 0 Å². The second-order valence-corrected chi connectivity index (χ2v) is 6.28. The molecular weight excluding hydrogens is 328 g/mol. The molecule has 26 heavy (non-hydrogen) atoms. The topological polar surface area (TPSA) is 81.0 Å². The number of aryl methyl sites for hydroxylation is 2. The first-order valence-corrected chi connectivity index (χ1v) is 8.35. The molecule has 6 heteroatoms. The zero-order valence-electron chi connectivity index (χ0n) is 14.9. The Labute approximate surface area is 152 Å². The van der Waals surface area contributed by atoms with Crippen LogP contribution >= 0.6 is 0 Å². The molecule has 3 aromatic rings. The van der Waals surface area contributed by atoms with Crippen molar-refractivity contribution in [2.45, 2.75) is 26.8 Å². The third-order valence-electron chi connectivity index (χ3n) is 4.29. The Kier molecular flexibility index (Phi) is 4.93. The monoisotopic (exact) mass is 348 g/mol. The molecule has 1 heterocycles. The average Bonchev–Trinajstić information content (AvgIpc) is 2.62. The summed E-state index contributed by atoms with van der Waals surface area (Å²) < 4.78 is 0. The molecule has 0 bridgehead atoms. The minimum atomic E-state index is -0.415. The van der Waals surface area contributed by atoms with Gasteiger partial charge in [-0.15, -0.1) is 0 Å². The maximum absolute atomic E-state index is 10.8. The van der Waals surface area contributed by atoms with Gasteiger partial charge in [0.2, 0.25) is 0 Å². The van der Waals surface area contributed by atoms with Crippen molar-refractivity contribution in [2.75, 3.05) is 5.32 Å². The highest BCUT2D eigenvalue weighted by atomic mass is 16.6. The zero-order valence-corrected chi connectivity index (χ0v) is 14.9. The number of non-ortho nitro benzene ring substituents is 1. The molecule has 0 aliphatic heterocycles. The molecule has 0 aliphatic carbocycles. The zero-order chi connectivity index (χ0) is 18.7. The summed E-state index contributed by atoms with van der Waals surface area (Å²) in [6, 6.07) is 12.7. The fourth-order valence-corrected chi connectivity index (χ4v) is 2.99. The molecule has 6 nitrogen and oxygen atoms in total. The molecule has 0 aliphatic rings. The van der Waals surface area contributed by atoms with E-state index in [-0.39, 0.29) is 11.7 Å². The Morgan fingerprint density at radius 1 is 1.04 bits per heavy atom. The van der Waals surface area contributed by atoms with Crippen molar-refractivity contribution in [1.82, 2.24) is 9.97 Å². The predicted molar refractivity (Wildman–Crippen MR) is 102 cm³/mol. The van der Waals surface area contributed by atoms with Crippen LogP contribution in [0.25, 0.3) is 11.3 Å². The first kappa shape index (κ1) is 17.5. The fraction of sp³-hybridized carbons (Fsp3) is 0.200. The first-order valence-electron chi connectivity index (χ1n) is 8.35. The number of aromatic nitrogens is 2. The molecule has 0 saturated heterocycles. The number of nitrogens with zero attached hydrogens (tertiary/aromatic N) is 3. The van der Waals surface area contributed by atoms with Crippen LogP contribution in [-0.4, -0.2) is 14.9 Å². The van der Waals surface area contributed by atoms with E-state index in [1.807, 2.05) is 0 Å². The molecule has 0 radical (unpaired) electrons. The molecule has 0 unspecified atom stereocenters. The lowest BCUT2D eigenvalue weighted by molar-refractivity contribution is -0.384.